The second-order valence-electron chi connectivity index (χ2n) is 5.59. The molecule has 19 heavy (non-hydrogen) atoms. The van der Waals surface area contributed by atoms with Gasteiger partial charge in [0.05, 0.1) is 6.04 Å². The minimum Gasteiger partial charge on any atom is -0.360 e. The molecule has 1 aromatic carbocycles. The largest absolute Gasteiger partial charge is 0.360 e. The number of benzene rings is 1. The zero-order valence-electron chi connectivity index (χ0n) is 11.9. The molecule has 0 bridgehead atoms. The van der Waals surface area contributed by atoms with Gasteiger partial charge >= 0.3 is 0 Å². The molecule has 2 rings (SSSR count). The quantitative estimate of drug-likeness (QED) is 0.820. The van der Waals surface area contributed by atoms with Crippen LogP contribution < -0.4 is 10.6 Å². The number of thiocarbonyl (C=S) groups is 1. The zero-order chi connectivity index (χ0) is 13.7. The lowest BCUT2D eigenvalue weighted by molar-refractivity contribution is 0.411. The zero-order valence-corrected chi connectivity index (χ0v) is 12.7. The van der Waals surface area contributed by atoms with Crippen molar-refractivity contribution in [3.63, 3.8) is 0 Å². The Morgan fingerprint density at radius 1 is 1.16 bits per heavy atom. The maximum atomic E-state index is 5.41. The van der Waals surface area contributed by atoms with Gasteiger partial charge in [-0.3, -0.25) is 0 Å². The number of aryl methyl sites for hydroxylation is 1. The summed E-state index contributed by atoms with van der Waals surface area (Å²) in [7, 11) is 0. The van der Waals surface area contributed by atoms with Gasteiger partial charge in [0, 0.05) is 6.04 Å². The van der Waals surface area contributed by atoms with E-state index in [1.807, 2.05) is 0 Å². The minimum atomic E-state index is 0.254. The molecule has 1 aliphatic rings. The van der Waals surface area contributed by atoms with E-state index in [1.165, 1.54) is 43.2 Å². The Morgan fingerprint density at radius 3 is 2.42 bits per heavy atom. The topological polar surface area (TPSA) is 24.1 Å². The fourth-order valence-corrected chi connectivity index (χ4v) is 2.95. The highest BCUT2D eigenvalue weighted by molar-refractivity contribution is 7.80. The van der Waals surface area contributed by atoms with Crippen LogP contribution in [0.4, 0.5) is 0 Å². The lowest BCUT2D eigenvalue weighted by Gasteiger charge is -2.26. The van der Waals surface area contributed by atoms with Crippen LogP contribution >= 0.6 is 12.2 Å². The predicted molar refractivity (Wildman–Crippen MR) is 85.3 cm³/mol. The van der Waals surface area contributed by atoms with E-state index < -0.39 is 0 Å². The molecule has 1 fully saturated rings. The van der Waals surface area contributed by atoms with Gasteiger partial charge in [-0.1, -0.05) is 49.1 Å². The normalized spacial score (nSPS) is 17.8. The lowest BCUT2D eigenvalue weighted by atomic mass is 9.96. The number of rotatable bonds is 3. The molecule has 0 amide bonds. The standard InChI is InChI=1S/C16H24N2S/c1-12-8-10-14(11-9-12)13(2)17-16(19)18-15-6-4-3-5-7-15/h8-11,13,15H,3-7H2,1-2H3,(H2,17,18,19)/t13-/m0/s1. The summed E-state index contributed by atoms with van der Waals surface area (Å²) in [5, 5.41) is 7.63. The lowest BCUT2D eigenvalue weighted by Crippen LogP contribution is -2.43. The molecule has 1 aromatic rings. The number of hydrogen-bond acceptors (Lipinski definition) is 1. The van der Waals surface area contributed by atoms with E-state index in [4.69, 9.17) is 12.2 Å². The number of hydrogen-bond donors (Lipinski definition) is 2. The van der Waals surface area contributed by atoms with E-state index in [-0.39, 0.29) is 6.04 Å². The van der Waals surface area contributed by atoms with Crippen molar-refractivity contribution in [2.24, 2.45) is 0 Å². The Balaban J connectivity index is 1.82. The second-order valence-corrected chi connectivity index (χ2v) is 5.99. The third-order valence-electron chi connectivity index (χ3n) is 3.87. The Kier molecular flexibility index (Phi) is 5.20. The van der Waals surface area contributed by atoms with Gasteiger partial charge in [-0.15, -0.1) is 0 Å². The predicted octanol–water partition coefficient (Wildman–Crippen LogP) is 3.85. The van der Waals surface area contributed by atoms with Crippen LogP contribution in [0.3, 0.4) is 0 Å². The molecule has 0 radical (unpaired) electrons. The smallest absolute Gasteiger partial charge is 0.166 e. The summed E-state index contributed by atoms with van der Waals surface area (Å²) in [5.74, 6) is 0. The summed E-state index contributed by atoms with van der Waals surface area (Å²) in [5.41, 5.74) is 2.57. The maximum absolute atomic E-state index is 5.41. The van der Waals surface area contributed by atoms with E-state index in [2.05, 4.69) is 48.7 Å². The fourth-order valence-electron chi connectivity index (χ4n) is 2.61. The molecule has 1 saturated carbocycles. The molecular formula is C16H24N2S. The van der Waals surface area contributed by atoms with Crippen molar-refractivity contribution in [3.05, 3.63) is 35.4 Å². The summed E-state index contributed by atoms with van der Waals surface area (Å²) in [4.78, 5) is 0. The van der Waals surface area contributed by atoms with E-state index in [1.54, 1.807) is 0 Å². The molecule has 0 spiro atoms. The molecular weight excluding hydrogens is 252 g/mol. The van der Waals surface area contributed by atoms with Crippen molar-refractivity contribution in [1.29, 1.82) is 0 Å². The van der Waals surface area contributed by atoms with Crippen LogP contribution in [0.25, 0.3) is 0 Å². The molecule has 1 atom stereocenters. The van der Waals surface area contributed by atoms with E-state index >= 15 is 0 Å². The van der Waals surface area contributed by atoms with Crippen molar-refractivity contribution in [2.75, 3.05) is 0 Å². The first-order valence-corrected chi connectivity index (χ1v) is 7.69. The Morgan fingerprint density at radius 2 is 1.79 bits per heavy atom. The van der Waals surface area contributed by atoms with Crippen molar-refractivity contribution < 1.29 is 0 Å². The van der Waals surface area contributed by atoms with Crippen molar-refractivity contribution in [2.45, 2.75) is 58.0 Å². The third kappa shape index (κ3) is 4.50. The fraction of sp³-hybridized carbons (Fsp3) is 0.562. The highest BCUT2D eigenvalue weighted by Gasteiger charge is 2.15. The molecule has 0 saturated heterocycles. The molecule has 3 heteroatoms. The molecule has 0 aliphatic heterocycles. The molecule has 1 aliphatic carbocycles. The van der Waals surface area contributed by atoms with Crippen molar-refractivity contribution in [1.82, 2.24) is 10.6 Å². The molecule has 0 aromatic heterocycles. The highest BCUT2D eigenvalue weighted by Crippen LogP contribution is 2.18. The van der Waals surface area contributed by atoms with Crippen LogP contribution in [-0.2, 0) is 0 Å². The van der Waals surface area contributed by atoms with E-state index in [9.17, 15) is 0 Å². The Bertz CT molecular complexity index is 407. The second kappa shape index (κ2) is 6.90. The van der Waals surface area contributed by atoms with Gasteiger partial charge in [0.15, 0.2) is 5.11 Å². The van der Waals surface area contributed by atoms with Gasteiger partial charge < -0.3 is 10.6 Å². The van der Waals surface area contributed by atoms with Crippen LogP contribution in [0.5, 0.6) is 0 Å². The average molecular weight is 276 g/mol. The highest BCUT2D eigenvalue weighted by atomic mass is 32.1. The summed E-state index contributed by atoms with van der Waals surface area (Å²) < 4.78 is 0. The van der Waals surface area contributed by atoms with Gasteiger partial charge in [-0.25, -0.2) is 0 Å². The summed E-state index contributed by atoms with van der Waals surface area (Å²) >= 11 is 5.41. The Hall–Kier alpha value is -1.09. The van der Waals surface area contributed by atoms with Gasteiger partial charge in [0.1, 0.15) is 0 Å². The van der Waals surface area contributed by atoms with Crippen LogP contribution in [0.15, 0.2) is 24.3 Å². The summed E-state index contributed by atoms with van der Waals surface area (Å²) in [6, 6.07) is 9.44. The van der Waals surface area contributed by atoms with E-state index in [0.29, 0.717) is 6.04 Å². The molecule has 0 heterocycles. The molecule has 2 N–H and O–H groups in total. The van der Waals surface area contributed by atoms with E-state index in [0.717, 1.165) is 5.11 Å². The number of nitrogens with one attached hydrogen (secondary N) is 2. The van der Waals surface area contributed by atoms with Gasteiger partial charge in [-0.05, 0) is 44.5 Å². The molecule has 0 unspecified atom stereocenters. The van der Waals surface area contributed by atoms with Crippen LogP contribution in [0.1, 0.15) is 56.2 Å². The van der Waals surface area contributed by atoms with Gasteiger partial charge in [0.2, 0.25) is 0 Å². The average Bonchev–Trinajstić information content (AvgIpc) is 2.40. The van der Waals surface area contributed by atoms with Crippen molar-refractivity contribution in [3.8, 4) is 0 Å². The molecule has 2 nitrogen and oxygen atoms in total. The van der Waals surface area contributed by atoms with Crippen LogP contribution in [-0.4, -0.2) is 11.2 Å². The van der Waals surface area contributed by atoms with Gasteiger partial charge in [0.25, 0.3) is 0 Å². The summed E-state index contributed by atoms with van der Waals surface area (Å²) in [6.45, 7) is 4.26. The SMILES string of the molecule is Cc1ccc([C@H](C)NC(=S)NC2CCCCC2)cc1. The Labute approximate surface area is 122 Å². The third-order valence-corrected chi connectivity index (χ3v) is 4.10. The first-order chi connectivity index (χ1) is 9.15. The first-order valence-electron chi connectivity index (χ1n) is 7.29. The maximum Gasteiger partial charge on any atom is 0.166 e. The monoisotopic (exact) mass is 276 g/mol. The van der Waals surface area contributed by atoms with Crippen LogP contribution in [0.2, 0.25) is 0 Å². The minimum absolute atomic E-state index is 0.254. The van der Waals surface area contributed by atoms with Gasteiger partial charge in [-0.2, -0.15) is 0 Å². The van der Waals surface area contributed by atoms with Crippen molar-refractivity contribution >= 4 is 17.3 Å². The molecule has 104 valence electrons. The summed E-state index contributed by atoms with van der Waals surface area (Å²) in [6.07, 6.45) is 6.53. The van der Waals surface area contributed by atoms with Crippen LogP contribution in [0, 0.1) is 6.92 Å². The first kappa shape index (κ1) is 14.3.